The van der Waals surface area contributed by atoms with Crippen molar-refractivity contribution >= 4 is 11.9 Å². The van der Waals surface area contributed by atoms with Gasteiger partial charge in [-0.15, -0.1) is 0 Å². The molecule has 132 valence electrons. The van der Waals surface area contributed by atoms with Gasteiger partial charge in [0.2, 0.25) is 0 Å². The lowest BCUT2D eigenvalue weighted by Gasteiger charge is -2.20. The van der Waals surface area contributed by atoms with Gasteiger partial charge in [-0.05, 0) is 28.7 Å². The highest BCUT2D eigenvalue weighted by atomic mass is 16.5. The fourth-order valence-electron chi connectivity index (χ4n) is 2.44. The molecule has 0 spiro atoms. The van der Waals surface area contributed by atoms with E-state index in [4.69, 9.17) is 4.74 Å². The maximum absolute atomic E-state index is 12.3. The summed E-state index contributed by atoms with van der Waals surface area (Å²) in [5, 5.41) is 2.70. The average molecular weight is 340 g/mol. The maximum atomic E-state index is 12.3. The van der Waals surface area contributed by atoms with Gasteiger partial charge in [-0.25, -0.2) is 4.79 Å². The van der Waals surface area contributed by atoms with Gasteiger partial charge in [0.25, 0.3) is 5.91 Å². The summed E-state index contributed by atoms with van der Waals surface area (Å²) >= 11 is 0. The molecule has 25 heavy (non-hydrogen) atoms. The zero-order valence-electron chi connectivity index (χ0n) is 15.1. The molecule has 5 nitrogen and oxygen atoms in total. The maximum Gasteiger partial charge on any atom is 0.328 e. The molecule has 1 amide bonds. The molecule has 0 aliphatic rings. The lowest BCUT2D eigenvalue weighted by atomic mass is 9.86. The Morgan fingerprint density at radius 1 is 1.12 bits per heavy atom. The number of carbonyl (C=O) groups excluding carboxylic acids is 2. The normalized spacial score (nSPS) is 12.3. The molecule has 2 aromatic rings. The van der Waals surface area contributed by atoms with Crippen LogP contribution in [0.2, 0.25) is 0 Å². The second-order valence-electron chi connectivity index (χ2n) is 6.92. The highest BCUT2D eigenvalue weighted by molar-refractivity contribution is 5.95. The van der Waals surface area contributed by atoms with Crippen LogP contribution in [0.3, 0.4) is 0 Å². The van der Waals surface area contributed by atoms with Crippen molar-refractivity contribution in [1.82, 2.24) is 10.3 Å². The van der Waals surface area contributed by atoms with Gasteiger partial charge in [0.15, 0.2) is 0 Å². The summed E-state index contributed by atoms with van der Waals surface area (Å²) < 4.78 is 4.83. The summed E-state index contributed by atoms with van der Waals surface area (Å²) in [6.07, 6.45) is 1.89. The molecular weight excluding hydrogens is 316 g/mol. The molecule has 0 aliphatic heterocycles. The van der Waals surface area contributed by atoms with Crippen LogP contribution in [0.15, 0.2) is 48.7 Å². The van der Waals surface area contributed by atoms with Crippen molar-refractivity contribution in [3.63, 3.8) is 0 Å². The third-order valence-electron chi connectivity index (χ3n) is 3.95. The van der Waals surface area contributed by atoms with Crippen molar-refractivity contribution in [2.45, 2.75) is 38.6 Å². The van der Waals surface area contributed by atoms with Crippen molar-refractivity contribution in [3.05, 3.63) is 65.5 Å². The molecule has 0 unspecified atom stereocenters. The van der Waals surface area contributed by atoms with E-state index in [1.807, 2.05) is 24.3 Å². The molecule has 1 atom stereocenters. The molecule has 2 rings (SSSR count). The van der Waals surface area contributed by atoms with E-state index in [0.29, 0.717) is 6.42 Å². The molecule has 5 heteroatoms. The van der Waals surface area contributed by atoms with E-state index in [2.05, 4.69) is 31.1 Å². The third-order valence-corrected chi connectivity index (χ3v) is 3.95. The number of nitrogens with zero attached hydrogens (tertiary/aromatic N) is 1. The summed E-state index contributed by atoms with van der Waals surface area (Å²) in [6, 6.07) is 12.3. The molecule has 1 aromatic heterocycles. The Kier molecular flexibility index (Phi) is 5.91. The summed E-state index contributed by atoms with van der Waals surface area (Å²) in [7, 11) is 1.31. The summed E-state index contributed by atoms with van der Waals surface area (Å²) in [5.41, 5.74) is 2.49. The highest BCUT2D eigenvalue weighted by Gasteiger charge is 2.23. The van der Waals surface area contributed by atoms with Gasteiger partial charge < -0.3 is 10.1 Å². The second-order valence-corrected chi connectivity index (χ2v) is 6.92. The summed E-state index contributed by atoms with van der Waals surface area (Å²) in [6.45, 7) is 6.44. The minimum atomic E-state index is -0.764. The van der Waals surface area contributed by atoms with Crippen molar-refractivity contribution in [1.29, 1.82) is 0 Å². The third kappa shape index (κ3) is 5.14. The number of nitrogens with one attached hydrogen (secondary N) is 1. The number of esters is 1. The number of pyridine rings is 1. The minimum Gasteiger partial charge on any atom is -0.467 e. The zero-order chi connectivity index (χ0) is 18.4. The van der Waals surface area contributed by atoms with Crippen molar-refractivity contribution in [2.75, 3.05) is 7.11 Å². The molecule has 0 bridgehead atoms. The molecule has 0 fully saturated rings. The number of rotatable bonds is 5. The first kappa shape index (κ1) is 18.6. The van der Waals surface area contributed by atoms with Gasteiger partial charge in [-0.2, -0.15) is 0 Å². The number of aromatic nitrogens is 1. The number of methoxy groups -OCH3 is 1. The van der Waals surface area contributed by atoms with E-state index >= 15 is 0 Å². The van der Waals surface area contributed by atoms with Crippen LogP contribution in [-0.2, 0) is 21.4 Å². The van der Waals surface area contributed by atoms with Gasteiger partial charge in [0, 0.05) is 12.6 Å². The first-order valence-electron chi connectivity index (χ1n) is 8.20. The largest absolute Gasteiger partial charge is 0.467 e. The van der Waals surface area contributed by atoms with Crippen LogP contribution >= 0.6 is 0 Å². The van der Waals surface area contributed by atoms with Gasteiger partial charge in [-0.1, -0.05) is 51.1 Å². The average Bonchev–Trinajstić information content (AvgIpc) is 2.60. The number of amides is 1. The first-order valence-corrected chi connectivity index (χ1v) is 8.20. The highest BCUT2D eigenvalue weighted by Crippen LogP contribution is 2.22. The smallest absolute Gasteiger partial charge is 0.328 e. The van der Waals surface area contributed by atoms with Crippen LogP contribution in [-0.4, -0.2) is 30.0 Å². The van der Waals surface area contributed by atoms with Crippen LogP contribution in [0.1, 0.15) is 42.4 Å². The molecule has 1 aromatic carbocycles. The lowest BCUT2D eigenvalue weighted by molar-refractivity contribution is -0.142. The van der Waals surface area contributed by atoms with Gasteiger partial charge in [0.1, 0.15) is 11.7 Å². The van der Waals surface area contributed by atoms with Crippen LogP contribution in [0.25, 0.3) is 0 Å². The fourth-order valence-corrected chi connectivity index (χ4v) is 2.44. The van der Waals surface area contributed by atoms with Crippen LogP contribution < -0.4 is 5.32 Å². The molecular formula is C20H24N2O3. The Morgan fingerprint density at radius 3 is 2.32 bits per heavy atom. The molecule has 0 saturated heterocycles. The standard InChI is InChI=1S/C20H24N2O3/c1-20(2,3)15-10-8-14(9-11-15)13-17(19(24)25-4)22-18(23)16-7-5-6-12-21-16/h5-12,17H,13H2,1-4H3,(H,22,23)/t17-/m1/s1. The van der Waals surface area contributed by atoms with E-state index in [9.17, 15) is 9.59 Å². The molecule has 1 N–H and O–H groups in total. The SMILES string of the molecule is COC(=O)[C@@H](Cc1ccc(C(C)(C)C)cc1)NC(=O)c1ccccn1. The molecule has 0 saturated carbocycles. The number of ether oxygens (including phenoxy) is 1. The Morgan fingerprint density at radius 2 is 1.80 bits per heavy atom. The minimum absolute atomic E-state index is 0.0630. The van der Waals surface area contributed by atoms with Gasteiger partial charge >= 0.3 is 5.97 Å². The molecule has 0 radical (unpaired) electrons. The second kappa shape index (κ2) is 7.92. The number of benzene rings is 1. The first-order chi connectivity index (χ1) is 11.8. The van der Waals surface area contributed by atoms with E-state index in [-0.39, 0.29) is 11.1 Å². The number of hydrogen-bond acceptors (Lipinski definition) is 4. The van der Waals surface area contributed by atoms with E-state index in [1.54, 1.807) is 18.2 Å². The van der Waals surface area contributed by atoms with Crippen molar-refractivity contribution < 1.29 is 14.3 Å². The monoisotopic (exact) mass is 340 g/mol. The predicted molar refractivity (Wildman–Crippen MR) is 96.4 cm³/mol. The topological polar surface area (TPSA) is 68.3 Å². The summed E-state index contributed by atoms with van der Waals surface area (Å²) in [5.74, 6) is -0.883. The van der Waals surface area contributed by atoms with Crippen LogP contribution in [0.5, 0.6) is 0 Å². The van der Waals surface area contributed by atoms with E-state index < -0.39 is 17.9 Å². The Bertz CT molecular complexity index is 719. The quantitative estimate of drug-likeness (QED) is 0.850. The molecule has 1 heterocycles. The van der Waals surface area contributed by atoms with E-state index in [0.717, 1.165) is 5.56 Å². The summed E-state index contributed by atoms with van der Waals surface area (Å²) in [4.78, 5) is 28.3. The Labute approximate surface area is 148 Å². The fraction of sp³-hybridized carbons (Fsp3) is 0.350. The predicted octanol–water partition coefficient (Wildman–Crippen LogP) is 2.89. The van der Waals surface area contributed by atoms with Gasteiger partial charge in [-0.3, -0.25) is 9.78 Å². The van der Waals surface area contributed by atoms with Crippen LogP contribution in [0, 0.1) is 0 Å². The molecule has 0 aliphatic carbocycles. The number of hydrogen-bond donors (Lipinski definition) is 1. The Balaban J connectivity index is 2.13. The van der Waals surface area contributed by atoms with Gasteiger partial charge in [0.05, 0.1) is 7.11 Å². The zero-order valence-corrected chi connectivity index (χ0v) is 15.1. The lowest BCUT2D eigenvalue weighted by Crippen LogP contribution is -2.43. The number of carbonyl (C=O) groups is 2. The van der Waals surface area contributed by atoms with Crippen LogP contribution in [0.4, 0.5) is 0 Å². The van der Waals surface area contributed by atoms with Crippen molar-refractivity contribution in [3.8, 4) is 0 Å². The van der Waals surface area contributed by atoms with Crippen molar-refractivity contribution in [2.24, 2.45) is 0 Å². The van der Waals surface area contributed by atoms with E-state index in [1.165, 1.54) is 18.9 Å². The Hall–Kier alpha value is -2.69.